The standard InChI is InChI=1S/C7H10O/c1-6-2-3-7(4-6)5-8/h2,4,8H,3,5H2,1H3. The topological polar surface area (TPSA) is 20.2 Å². The van der Waals surface area contributed by atoms with E-state index in [0.29, 0.717) is 0 Å². The van der Waals surface area contributed by atoms with Crippen molar-refractivity contribution in [3.05, 3.63) is 23.3 Å². The molecule has 0 aromatic rings. The van der Waals surface area contributed by atoms with Gasteiger partial charge in [0.25, 0.3) is 0 Å². The maximum atomic E-state index is 8.58. The fraction of sp³-hybridized carbons (Fsp3) is 0.429. The summed E-state index contributed by atoms with van der Waals surface area (Å²) in [6.45, 7) is 2.26. The summed E-state index contributed by atoms with van der Waals surface area (Å²) in [5, 5.41) is 8.58. The molecule has 1 N–H and O–H groups in total. The van der Waals surface area contributed by atoms with E-state index >= 15 is 0 Å². The molecule has 0 atom stereocenters. The summed E-state index contributed by atoms with van der Waals surface area (Å²) in [4.78, 5) is 0. The lowest BCUT2D eigenvalue weighted by molar-refractivity contribution is 0.329. The minimum absolute atomic E-state index is 0.216. The number of allylic oxidation sites excluding steroid dienone is 3. The van der Waals surface area contributed by atoms with Crippen LogP contribution in [0.4, 0.5) is 0 Å². The van der Waals surface area contributed by atoms with Crippen molar-refractivity contribution in [3.63, 3.8) is 0 Å². The van der Waals surface area contributed by atoms with Crippen LogP contribution in [-0.2, 0) is 0 Å². The number of aliphatic hydroxyl groups is 1. The van der Waals surface area contributed by atoms with E-state index in [1.165, 1.54) is 5.57 Å². The second kappa shape index (κ2) is 2.14. The van der Waals surface area contributed by atoms with Crippen molar-refractivity contribution in [1.29, 1.82) is 0 Å². The molecule has 44 valence electrons. The van der Waals surface area contributed by atoms with Crippen LogP contribution in [0.2, 0.25) is 0 Å². The Morgan fingerprint density at radius 3 is 2.75 bits per heavy atom. The molecule has 1 rings (SSSR count). The summed E-state index contributed by atoms with van der Waals surface area (Å²) in [5.74, 6) is 0. The second-order valence-electron chi connectivity index (χ2n) is 2.11. The molecule has 0 spiro atoms. The van der Waals surface area contributed by atoms with E-state index in [-0.39, 0.29) is 6.61 Å². The van der Waals surface area contributed by atoms with Crippen molar-refractivity contribution in [1.82, 2.24) is 0 Å². The van der Waals surface area contributed by atoms with Crippen LogP contribution in [-0.4, -0.2) is 11.7 Å². The van der Waals surface area contributed by atoms with Crippen molar-refractivity contribution in [2.75, 3.05) is 6.61 Å². The Bertz CT molecular complexity index is 142. The smallest absolute Gasteiger partial charge is 0.0647 e. The zero-order chi connectivity index (χ0) is 5.98. The van der Waals surface area contributed by atoms with Gasteiger partial charge in [0, 0.05) is 0 Å². The van der Waals surface area contributed by atoms with E-state index in [1.54, 1.807) is 0 Å². The Labute approximate surface area is 49.3 Å². The van der Waals surface area contributed by atoms with Gasteiger partial charge in [-0.3, -0.25) is 0 Å². The molecular weight excluding hydrogens is 100 g/mol. The van der Waals surface area contributed by atoms with Gasteiger partial charge in [-0.05, 0) is 18.9 Å². The first-order valence-electron chi connectivity index (χ1n) is 2.80. The van der Waals surface area contributed by atoms with Gasteiger partial charge in [-0.25, -0.2) is 0 Å². The number of hydrogen-bond donors (Lipinski definition) is 1. The SMILES string of the molecule is CC1=CCC(CO)=C1. The van der Waals surface area contributed by atoms with Gasteiger partial charge in [0.2, 0.25) is 0 Å². The second-order valence-corrected chi connectivity index (χ2v) is 2.11. The van der Waals surface area contributed by atoms with Gasteiger partial charge in [0.15, 0.2) is 0 Å². The number of aliphatic hydroxyl groups excluding tert-OH is 1. The van der Waals surface area contributed by atoms with Crippen LogP contribution >= 0.6 is 0 Å². The highest BCUT2D eigenvalue weighted by Crippen LogP contribution is 2.15. The Hall–Kier alpha value is -0.560. The monoisotopic (exact) mass is 110 g/mol. The molecule has 0 aromatic carbocycles. The summed E-state index contributed by atoms with van der Waals surface area (Å²) in [7, 11) is 0. The van der Waals surface area contributed by atoms with E-state index in [9.17, 15) is 0 Å². The van der Waals surface area contributed by atoms with E-state index in [4.69, 9.17) is 5.11 Å². The highest BCUT2D eigenvalue weighted by atomic mass is 16.3. The van der Waals surface area contributed by atoms with Crippen molar-refractivity contribution >= 4 is 0 Å². The zero-order valence-corrected chi connectivity index (χ0v) is 5.02. The maximum Gasteiger partial charge on any atom is 0.0647 e. The average Bonchev–Trinajstić information content (AvgIpc) is 2.14. The lowest BCUT2D eigenvalue weighted by Gasteiger charge is -1.88. The minimum atomic E-state index is 0.216. The lowest BCUT2D eigenvalue weighted by atomic mass is 10.2. The van der Waals surface area contributed by atoms with E-state index in [2.05, 4.69) is 6.08 Å². The Morgan fingerprint density at radius 2 is 2.50 bits per heavy atom. The molecule has 0 saturated heterocycles. The van der Waals surface area contributed by atoms with E-state index in [1.807, 2.05) is 13.0 Å². The molecular formula is C7H10O. The third-order valence-electron chi connectivity index (χ3n) is 1.32. The van der Waals surface area contributed by atoms with Crippen LogP contribution < -0.4 is 0 Å². The largest absolute Gasteiger partial charge is 0.392 e. The molecule has 1 heteroatoms. The van der Waals surface area contributed by atoms with Gasteiger partial charge in [-0.1, -0.05) is 17.7 Å². The molecule has 0 unspecified atom stereocenters. The van der Waals surface area contributed by atoms with Crippen molar-refractivity contribution in [2.45, 2.75) is 13.3 Å². The van der Waals surface area contributed by atoms with Crippen molar-refractivity contribution < 1.29 is 5.11 Å². The van der Waals surface area contributed by atoms with Gasteiger partial charge in [-0.2, -0.15) is 0 Å². The number of hydrogen-bond acceptors (Lipinski definition) is 1. The van der Waals surface area contributed by atoms with Crippen molar-refractivity contribution in [3.8, 4) is 0 Å². The van der Waals surface area contributed by atoms with E-state index < -0.39 is 0 Å². The normalized spacial score (nSPS) is 18.2. The van der Waals surface area contributed by atoms with Gasteiger partial charge in [0.05, 0.1) is 6.61 Å². The average molecular weight is 110 g/mol. The van der Waals surface area contributed by atoms with Gasteiger partial charge < -0.3 is 5.11 Å². The fourth-order valence-electron chi connectivity index (χ4n) is 0.842. The van der Waals surface area contributed by atoms with Crippen LogP contribution in [0.1, 0.15) is 13.3 Å². The molecule has 0 amide bonds. The fourth-order valence-corrected chi connectivity index (χ4v) is 0.842. The first-order valence-corrected chi connectivity index (χ1v) is 2.80. The van der Waals surface area contributed by atoms with Gasteiger partial charge >= 0.3 is 0 Å². The molecule has 0 fully saturated rings. The third kappa shape index (κ3) is 0.984. The maximum absolute atomic E-state index is 8.58. The van der Waals surface area contributed by atoms with Gasteiger partial charge in [-0.15, -0.1) is 0 Å². The van der Waals surface area contributed by atoms with Crippen LogP contribution in [0, 0.1) is 0 Å². The van der Waals surface area contributed by atoms with Crippen LogP contribution in [0.5, 0.6) is 0 Å². The Kier molecular flexibility index (Phi) is 1.49. The molecule has 0 bridgehead atoms. The lowest BCUT2D eigenvalue weighted by Crippen LogP contribution is -1.83. The third-order valence-corrected chi connectivity index (χ3v) is 1.32. The predicted molar refractivity (Wildman–Crippen MR) is 33.5 cm³/mol. The molecule has 0 saturated carbocycles. The molecule has 0 radical (unpaired) electrons. The summed E-state index contributed by atoms with van der Waals surface area (Å²) in [6.07, 6.45) is 5.09. The summed E-state index contributed by atoms with van der Waals surface area (Å²) >= 11 is 0. The molecule has 0 aromatic heterocycles. The van der Waals surface area contributed by atoms with Crippen LogP contribution in [0.15, 0.2) is 23.3 Å². The van der Waals surface area contributed by atoms with Crippen molar-refractivity contribution in [2.24, 2.45) is 0 Å². The van der Waals surface area contributed by atoms with Crippen LogP contribution in [0.3, 0.4) is 0 Å². The number of rotatable bonds is 1. The first kappa shape index (κ1) is 5.57. The Morgan fingerprint density at radius 1 is 1.75 bits per heavy atom. The van der Waals surface area contributed by atoms with E-state index in [0.717, 1.165) is 12.0 Å². The predicted octanol–water partition coefficient (Wildman–Crippen LogP) is 1.26. The van der Waals surface area contributed by atoms with Crippen LogP contribution in [0.25, 0.3) is 0 Å². The molecule has 8 heavy (non-hydrogen) atoms. The zero-order valence-electron chi connectivity index (χ0n) is 5.02. The summed E-state index contributed by atoms with van der Waals surface area (Å²) < 4.78 is 0. The molecule has 1 nitrogen and oxygen atoms in total. The molecule has 1 aliphatic carbocycles. The highest BCUT2D eigenvalue weighted by molar-refractivity contribution is 5.30. The Balaban J connectivity index is 2.56. The molecule has 1 aliphatic rings. The molecule has 0 aliphatic heterocycles. The summed E-state index contributed by atoms with van der Waals surface area (Å²) in [6, 6.07) is 0. The first-order chi connectivity index (χ1) is 3.83. The summed E-state index contributed by atoms with van der Waals surface area (Å²) in [5.41, 5.74) is 2.40. The highest BCUT2D eigenvalue weighted by Gasteiger charge is 1.99. The minimum Gasteiger partial charge on any atom is -0.392 e. The quantitative estimate of drug-likeness (QED) is 0.538. The molecule has 0 heterocycles. The van der Waals surface area contributed by atoms with Gasteiger partial charge in [0.1, 0.15) is 0 Å².